The van der Waals surface area contributed by atoms with Gasteiger partial charge < -0.3 is 0 Å². The Bertz CT molecular complexity index is 1160. The van der Waals surface area contributed by atoms with Crippen LogP contribution in [-0.2, 0) is 7.05 Å². The number of hydrogen-bond acceptors (Lipinski definition) is 5. The van der Waals surface area contributed by atoms with Crippen LogP contribution in [-0.4, -0.2) is 32.7 Å². The molecule has 8 heteroatoms. The Labute approximate surface area is 170 Å². The number of anilines is 1. The quantitative estimate of drug-likeness (QED) is 0.643. The van der Waals surface area contributed by atoms with Crippen molar-refractivity contribution in [1.29, 1.82) is 0 Å². The lowest BCUT2D eigenvalue weighted by molar-refractivity contribution is 0.0998. The maximum absolute atomic E-state index is 13.6. The van der Waals surface area contributed by atoms with Crippen molar-refractivity contribution in [3.05, 3.63) is 69.6 Å². The molecule has 0 saturated heterocycles. The van der Waals surface area contributed by atoms with Crippen LogP contribution in [0.2, 0.25) is 5.02 Å². The van der Waals surface area contributed by atoms with E-state index >= 15 is 0 Å². The standard InChI is InChI=1S/C20H17ClN4O2S/c1-12-11-28-20(22-12)25(14-9-7-13(21)8-10-14)19(27)17-15-5-3-4-6-16(15)18(26)24(2)23-17/h3-10,12H,11H2,1-2H3/t12-/m0/s1. The van der Waals surface area contributed by atoms with Gasteiger partial charge in [-0.15, -0.1) is 0 Å². The molecule has 0 saturated carbocycles. The van der Waals surface area contributed by atoms with Crippen molar-refractivity contribution in [2.24, 2.45) is 12.0 Å². The van der Waals surface area contributed by atoms with Crippen LogP contribution in [0.3, 0.4) is 0 Å². The summed E-state index contributed by atoms with van der Waals surface area (Å²) in [5.74, 6) is 0.461. The van der Waals surface area contributed by atoms with Crippen LogP contribution in [0.5, 0.6) is 0 Å². The first kappa shape index (κ1) is 18.7. The van der Waals surface area contributed by atoms with Crippen LogP contribution in [0, 0.1) is 0 Å². The van der Waals surface area contributed by atoms with Crippen molar-refractivity contribution in [2.45, 2.75) is 13.0 Å². The summed E-state index contributed by atoms with van der Waals surface area (Å²) in [5.41, 5.74) is 0.608. The second kappa shape index (κ2) is 7.41. The third-order valence-corrected chi connectivity index (χ3v) is 5.87. The van der Waals surface area contributed by atoms with E-state index in [0.717, 1.165) is 5.75 Å². The number of nitrogens with zero attached hydrogens (tertiary/aromatic N) is 4. The topological polar surface area (TPSA) is 67.6 Å². The van der Waals surface area contributed by atoms with Crippen molar-refractivity contribution >= 4 is 50.9 Å². The molecule has 0 fully saturated rings. The molecule has 0 spiro atoms. The number of amides is 1. The number of hydrogen-bond donors (Lipinski definition) is 0. The Morgan fingerprint density at radius 1 is 1.18 bits per heavy atom. The molecular formula is C20H17ClN4O2S. The minimum absolute atomic E-state index is 0.118. The second-order valence-corrected chi connectivity index (χ2v) is 7.94. The summed E-state index contributed by atoms with van der Waals surface area (Å²) in [5, 5.41) is 6.44. The molecule has 2 heterocycles. The Balaban J connectivity index is 1.90. The lowest BCUT2D eigenvalue weighted by Gasteiger charge is -2.22. The van der Waals surface area contributed by atoms with E-state index in [0.29, 0.717) is 26.7 Å². The Morgan fingerprint density at radius 2 is 1.86 bits per heavy atom. The van der Waals surface area contributed by atoms with Gasteiger partial charge in [0.15, 0.2) is 10.9 Å². The summed E-state index contributed by atoms with van der Waals surface area (Å²) < 4.78 is 1.20. The molecule has 1 amide bonds. The second-order valence-electron chi connectivity index (χ2n) is 6.51. The van der Waals surface area contributed by atoms with Crippen LogP contribution in [0.25, 0.3) is 10.8 Å². The zero-order valence-electron chi connectivity index (χ0n) is 15.3. The van der Waals surface area contributed by atoms with Gasteiger partial charge in [0.2, 0.25) is 0 Å². The van der Waals surface area contributed by atoms with Gasteiger partial charge in [-0.1, -0.05) is 41.6 Å². The minimum Gasteiger partial charge on any atom is -0.267 e. The highest BCUT2D eigenvalue weighted by molar-refractivity contribution is 8.14. The zero-order valence-corrected chi connectivity index (χ0v) is 16.9. The van der Waals surface area contributed by atoms with Crippen molar-refractivity contribution in [1.82, 2.24) is 9.78 Å². The van der Waals surface area contributed by atoms with Crippen LogP contribution >= 0.6 is 23.4 Å². The number of carbonyl (C=O) groups is 1. The number of aliphatic imine (C=N–C) groups is 1. The van der Waals surface area contributed by atoms with Gasteiger partial charge in [-0.2, -0.15) is 5.10 Å². The fraction of sp³-hybridized carbons (Fsp3) is 0.200. The van der Waals surface area contributed by atoms with Gasteiger partial charge in [0.1, 0.15) is 0 Å². The van der Waals surface area contributed by atoms with Crippen LogP contribution in [0.15, 0.2) is 58.3 Å². The molecule has 2 aromatic carbocycles. The molecule has 3 aromatic rings. The zero-order chi connectivity index (χ0) is 19.8. The highest BCUT2D eigenvalue weighted by Gasteiger charge is 2.30. The third kappa shape index (κ3) is 3.31. The molecule has 1 aromatic heterocycles. The first-order chi connectivity index (χ1) is 13.5. The summed E-state index contributed by atoms with van der Waals surface area (Å²) >= 11 is 7.54. The molecular weight excluding hydrogens is 396 g/mol. The van der Waals surface area contributed by atoms with Crippen LogP contribution in [0.1, 0.15) is 17.4 Å². The molecule has 0 bridgehead atoms. The summed E-state index contributed by atoms with van der Waals surface area (Å²) in [6.07, 6.45) is 0. The average molecular weight is 413 g/mol. The van der Waals surface area contributed by atoms with E-state index in [1.807, 2.05) is 6.92 Å². The maximum atomic E-state index is 13.6. The number of aryl methyl sites for hydroxylation is 1. The first-order valence-corrected chi connectivity index (χ1v) is 10.1. The highest BCUT2D eigenvalue weighted by atomic mass is 35.5. The van der Waals surface area contributed by atoms with E-state index in [1.54, 1.807) is 60.5 Å². The number of aromatic nitrogens is 2. The van der Waals surface area contributed by atoms with Crippen molar-refractivity contribution in [2.75, 3.05) is 10.7 Å². The highest BCUT2D eigenvalue weighted by Crippen LogP contribution is 2.29. The Kier molecular flexibility index (Phi) is 4.95. The third-order valence-electron chi connectivity index (χ3n) is 4.42. The Hall–Kier alpha value is -2.64. The van der Waals surface area contributed by atoms with Gasteiger partial charge in [0.05, 0.1) is 17.1 Å². The summed E-state index contributed by atoms with van der Waals surface area (Å²) in [4.78, 5) is 32.2. The van der Waals surface area contributed by atoms with Gasteiger partial charge in [-0.25, -0.2) is 4.68 Å². The lowest BCUT2D eigenvalue weighted by atomic mass is 10.1. The number of carbonyl (C=O) groups excluding carboxylic acids is 1. The predicted octanol–water partition coefficient (Wildman–Crippen LogP) is 3.73. The molecule has 0 aliphatic carbocycles. The molecule has 6 nitrogen and oxygen atoms in total. The molecule has 28 heavy (non-hydrogen) atoms. The van der Waals surface area contributed by atoms with E-state index in [2.05, 4.69) is 10.1 Å². The molecule has 0 unspecified atom stereocenters. The average Bonchev–Trinajstić information content (AvgIpc) is 3.12. The van der Waals surface area contributed by atoms with Crippen molar-refractivity contribution < 1.29 is 4.79 Å². The molecule has 0 radical (unpaired) electrons. The van der Waals surface area contributed by atoms with E-state index in [-0.39, 0.29) is 23.2 Å². The lowest BCUT2D eigenvalue weighted by Crippen LogP contribution is -2.37. The van der Waals surface area contributed by atoms with Gasteiger partial charge >= 0.3 is 0 Å². The number of amidine groups is 1. The fourth-order valence-corrected chi connectivity index (χ4v) is 4.21. The SMILES string of the molecule is C[C@H]1CSC(N(C(=O)c2nn(C)c(=O)c3ccccc23)c2ccc(Cl)cc2)=N1. The number of thioether (sulfide) groups is 1. The summed E-state index contributed by atoms with van der Waals surface area (Å²) in [7, 11) is 1.54. The molecule has 142 valence electrons. The Morgan fingerprint density at radius 3 is 2.50 bits per heavy atom. The van der Waals surface area contributed by atoms with Crippen molar-refractivity contribution in [3.8, 4) is 0 Å². The number of fused-ring (bicyclic) bond motifs is 1. The molecule has 0 N–H and O–H groups in total. The number of benzene rings is 2. The first-order valence-electron chi connectivity index (χ1n) is 8.72. The fourth-order valence-electron chi connectivity index (χ4n) is 3.05. The monoisotopic (exact) mass is 412 g/mol. The van der Waals surface area contributed by atoms with Crippen LogP contribution in [0.4, 0.5) is 5.69 Å². The maximum Gasteiger partial charge on any atom is 0.285 e. The molecule has 1 atom stereocenters. The summed E-state index contributed by atoms with van der Waals surface area (Å²) in [6, 6.07) is 14.1. The van der Waals surface area contributed by atoms with E-state index in [1.165, 1.54) is 16.4 Å². The van der Waals surface area contributed by atoms with Crippen LogP contribution < -0.4 is 10.5 Å². The minimum atomic E-state index is -0.338. The van der Waals surface area contributed by atoms with Gasteiger partial charge in [-0.3, -0.25) is 19.5 Å². The molecule has 4 rings (SSSR count). The molecule has 1 aliphatic heterocycles. The number of halogens is 1. The van der Waals surface area contributed by atoms with Gasteiger partial charge in [0, 0.05) is 23.2 Å². The number of rotatable bonds is 2. The van der Waals surface area contributed by atoms with Crippen molar-refractivity contribution in [3.63, 3.8) is 0 Å². The normalized spacial score (nSPS) is 16.2. The van der Waals surface area contributed by atoms with Gasteiger partial charge in [-0.05, 0) is 37.3 Å². The summed E-state index contributed by atoms with van der Waals surface area (Å²) in [6.45, 7) is 2.00. The largest absolute Gasteiger partial charge is 0.285 e. The van der Waals surface area contributed by atoms with E-state index in [9.17, 15) is 9.59 Å². The smallest absolute Gasteiger partial charge is 0.267 e. The van der Waals surface area contributed by atoms with E-state index < -0.39 is 0 Å². The van der Waals surface area contributed by atoms with Gasteiger partial charge in [0.25, 0.3) is 11.5 Å². The molecule has 1 aliphatic rings. The predicted molar refractivity (Wildman–Crippen MR) is 115 cm³/mol. The van der Waals surface area contributed by atoms with E-state index in [4.69, 9.17) is 11.6 Å².